The fraction of sp³-hybridized carbons (Fsp3) is 0.929. The van der Waals surface area contributed by atoms with E-state index < -0.39 is 0 Å². The summed E-state index contributed by atoms with van der Waals surface area (Å²) in [5.41, 5.74) is -0.0345. The van der Waals surface area contributed by atoms with E-state index in [0.717, 1.165) is 39.1 Å². The molecule has 0 saturated carbocycles. The zero-order valence-corrected chi connectivity index (χ0v) is 12.6. The molecule has 2 atom stereocenters. The SMILES string of the molecule is CN(C)CC1NC(C)(C)CN(CC2CCCO2)C1=O. The maximum absolute atomic E-state index is 12.5. The second-order valence-corrected chi connectivity index (χ2v) is 6.70. The maximum atomic E-state index is 12.5. The van der Waals surface area contributed by atoms with Crippen LogP contribution in [-0.2, 0) is 9.53 Å². The number of rotatable bonds is 4. The predicted octanol–water partition coefficient (Wildman–Crippen LogP) is 0.306. The Morgan fingerprint density at radius 2 is 2.21 bits per heavy atom. The van der Waals surface area contributed by atoms with E-state index in [2.05, 4.69) is 24.1 Å². The Morgan fingerprint density at radius 3 is 2.79 bits per heavy atom. The van der Waals surface area contributed by atoms with Crippen molar-refractivity contribution in [3.8, 4) is 0 Å². The molecular weight excluding hydrogens is 242 g/mol. The minimum absolute atomic E-state index is 0.0345. The lowest BCUT2D eigenvalue weighted by Gasteiger charge is -2.44. The first kappa shape index (κ1) is 14.8. The summed E-state index contributed by atoms with van der Waals surface area (Å²) < 4.78 is 5.66. The van der Waals surface area contributed by atoms with E-state index >= 15 is 0 Å². The zero-order chi connectivity index (χ0) is 14.0. The van der Waals surface area contributed by atoms with Gasteiger partial charge in [-0.3, -0.25) is 10.1 Å². The van der Waals surface area contributed by atoms with E-state index in [1.165, 1.54) is 0 Å². The largest absolute Gasteiger partial charge is 0.376 e. The molecular formula is C14H27N3O2. The standard InChI is InChI=1S/C14H27N3O2/c1-14(2)10-17(8-11-6-5-7-19-11)13(18)12(15-14)9-16(3)4/h11-12,15H,5-10H2,1-4H3. The van der Waals surface area contributed by atoms with Gasteiger partial charge >= 0.3 is 0 Å². The van der Waals surface area contributed by atoms with Crippen LogP contribution in [0.25, 0.3) is 0 Å². The summed E-state index contributed by atoms with van der Waals surface area (Å²) >= 11 is 0. The van der Waals surface area contributed by atoms with Gasteiger partial charge in [0.1, 0.15) is 6.04 Å². The van der Waals surface area contributed by atoms with Crippen molar-refractivity contribution in [1.29, 1.82) is 0 Å². The molecule has 2 aliphatic rings. The molecule has 1 N–H and O–H groups in total. The summed E-state index contributed by atoms with van der Waals surface area (Å²) in [6.07, 6.45) is 2.43. The van der Waals surface area contributed by atoms with Gasteiger partial charge in [-0.25, -0.2) is 0 Å². The van der Waals surface area contributed by atoms with Crippen LogP contribution in [0.3, 0.4) is 0 Å². The lowest BCUT2D eigenvalue weighted by molar-refractivity contribution is -0.141. The number of nitrogens with zero attached hydrogens (tertiary/aromatic N) is 2. The Labute approximate surface area is 116 Å². The van der Waals surface area contributed by atoms with Crippen molar-refractivity contribution >= 4 is 5.91 Å². The van der Waals surface area contributed by atoms with Crippen molar-refractivity contribution in [2.24, 2.45) is 0 Å². The molecule has 0 bridgehead atoms. The molecule has 2 heterocycles. The average Bonchev–Trinajstić information content (AvgIpc) is 2.76. The number of nitrogens with one attached hydrogen (secondary N) is 1. The number of ether oxygens (including phenoxy) is 1. The summed E-state index contributed by atoms with van der Waals surface area (Å²) in [6.45, 7) is 7.40. The number of likely N-dealkylation sites (N-methyl/N-ethyl adjacent to an activating group) is 1. The van der Waals surface area contributed by atoms with Gasteiger partial charge in [0, 0.05) is 31.8 Å². The van der Waals surface area contributed by atoms with Crippen LogP contribution in [0.2, 0.25) is 0 Å². The zero-order valence-electron chi connectivity index (χ0n) is 12.6. The van der Waals surface area contributed by atoms with Crippen LogP contribution in [0.1, 0.15) is 26.7 Å². The highest BCUT2D eigenvalue weighted by atomic mass is 16.5. The number of carbonyl (C=O) groups is 1. The summed E-state index contributed by atoms with van der Waals surface area (Å²) in [7, 11) is 4.00. The molecule has 1 amide bonds. The lowest BCUT2D eigenvalue weighted by Crippen LogP contribution is -2.67. The first-order valence-electron chi connectivity index (χ1n) is 7.20. The number of hydrogen-bond donors (Lipinski definition) is 1. The third-order valence-electron chi connectivity index (χ3n) is 3.76. The molecule has 0 radical (unpaired) electrons. The summed E-state index contributed by atoms with van der Waals surface area (Å²) in [6, 6.07) is -0.111. The van der Waals surface area contributed by atoms with Crippen LogP contribution in [-0.4, -0.2) is 73.7 Å². The van der Waals surface area contributed by atoms with Crippen molar-refractivity contribution in [1.82, 2.24) is 15.1 Å². The van der Waals surface area contributed by atoms with Crippen LogP contribution in [0.4, 0.5) is 0 Å². The first-order chi connectivity index (χ1) is 8.87. The van der Waals surface area contributed by atoms with E-state index in [9.17, 15) is 4.79 Å². The van der Waals surface area contributed by atoms with Crippen LogP contribution in [0.15, 0.2) is 0 Å². The second-order valence-electron chi connectivity index (χ2n) is 6.70. The van der Waals surface area contributed by atoms with Gasteiger partial charge in [0.15, 0.2) is 0 Å². The summed E-state index contributed by atoms with van der Waals surface area (Å²) in [5, 5.41) is 3.46. The molecule has 5 nitrogen and oxygen atoms in total. The third-order valence-corrected chi connectivity index (χ3v) is 3.76. The second kappa shape index (κ2) is 5.77. The van der Waals surface area contributed by atoms with Gasteiger partial charge in [-0.1, -0.05) is 0 Å². The number of carbonyl (C=O) groups excluding carboxylic acids is 1. The van der Waals surface area contributed by atoms with E-state index in [1.807, 2.05) is 19.0 Å². The molecule has 0 aromatic heterocycles. The van der Waals surface area contributed by atoms with Crippen molar-refractivity contribution in [2.45, 2.75) is 44.4 Å². The lowest BCUT2D eigenvalue weighted by atomic mass is 9.97. The molecule has 2 aliphatic heterocycles. The predicted molar refractivity (Wildman–Crippen MR) is 75.1 cm³/mol. The summed E-state index contributed by atoms with van der Waals surface area (Å²) in [5.74, 6) is 0.212. The van der Waals surface area contributed by atoms with Gasteiger partial charge in [0.25, 0.3) is 0 Å². The molecule has 2 saturated heterocycles. The Balaban J connectivity index is 2.01. The maximum Gasteiger partial charge on any atom is 0.241 e. The van der Waals surface area contributed by atoms with E-state index in [-0.39, 0.29) is 23.6 Å². The molecule has 2 unspecified atom stereocenters. The first-order valence-corrected chi connectivity index (χ1v) is 7.20. The van der Waals surface area contributed by atoms with Crippen molar-refractivity contribution < 1.29 is 9.53 Å². The summed E-state index contributed by atoms with van der Waals surface area (Å²) in [4.78, 5) is 16.6. The molecule has 0 aromatic carbocycles. The molecule has 2 rings (SSSR count). The highest BCUT2D eigenvalue weighted by Gasteiger charge is 2.39. The highest BCUT2D eigenvalue weighted by molar-refractivity contribution is 5.83. The van der Waals surface area contributed by atoms with E-state index in [4.69, 9.17) is 4.74 Å². The van der Waals surface area contributed by atoms with E-state index in [1.54, 1.807) is 0 Å². The van der Waals surface area contributed by atoms with Gasteiger partial charge in [0.2, 0.25) is 5.91 Å². The fourth-order valence-electron chi connectivity index (χ4n) is 3.03. The topological polar surface area (TPSA) is 44.8 Å². The van der Waals surface area contributed by atoms with Gasteiger partial charge in [-0.05, 0) is 40.8 Å². The van der Waals surface area contributed by atoms with Gasteiger partial charge in [-0.2, -0.15) is 0 Å². The quantitative estimate of drug-likeness (QED) is 0.797. The van der Waals surface area contributed by atoms with Crippen molar-refractivity contribution in [3.63, 3.8) is 0 Å². The molecule has 110 valence electrons. The molecule has 5 heteroatoms. The third kappa shape index (κ3) is 3.91. The van der Waals surface area contributed by atoms with Crippen molar-refractivity contribution in [3.05, 3.63) is 0 Å². The molecule has 2 fully saturated rings. The van der Waals surface area contributed by atoms with Crippen molar-refractivity contribution in [2.75, 3.05) is 40.3 Å². The normalized spacial score (nSPS) is 31.2. The van der Waals surface area contributed by atoms with Gasteiger partial charge in [-0.15, -0.1) is 0 Å². The van der Waals surface area contributed by atoms with Crippen LogP contribution in [0.5, 0.6) is 0 Å². The number of piperazine rings is 1. The molecule has 0 aromatic rings. The van der Waals surface area contributed by atoms with Crippen LogP contribution in [0, 0.1) is 0 Å². The Hall–Kier alpha value is -0.650. The Kier molecular flexibility index (Phi) is 4.48. The highest BCUT2D eigenvalue weighted by Crippen LogP contribution is 2.19. The molecule has 19 heavy (non-hydrogen) atoms. The van der Waals surface area contributed by atoms with Crippen LogP contribution < -0.4 is 5.32 Å². The molecule has 0 aliphatic carbocycles. The average molecular weight is 269 g/mol. The number of amides is 1. The monoisotopic (exact) mass is 269 g/mol. The Morgan fingerprint density at radius 1 is 1.47 bits per heavy atom. The Bertz CT molecular complexity index is 325. The van der Waals surface area contributed by atoms with Gasteiger partial charge < -0.3 is 14.5 Å². The van der Waals surface area contributed by atoms with Crippen LogP contribution >= 0.6 is 0 Å². The molecule has 0 spiro atoms. The minimum atomic E-state index is -0.111. The van der Waals surface area contributed by atoms with Gasteiger partial charge in [0.05, 0.1) is 6.10 Å². The fourth-order valence-corrected chi connectivity index (χ4v) is 3.03. The minimum Gasteiger partial charge on any atom is -0.376 e. The van der Waals surface area contributed by atoms with E-state index in [0.29, 0.717) is 0 Å². The smallest absolute Gasteiger partial charge is 0.241 e. The number of hydrogen-bond acceptors (Lipinski definition) is 4.